The lowest BCUT2D eigenvalue weighted by Crippen LogP contribution is -2.27. The summed E-state index contributed by atoms with van der Waals surface area (Å²) in [6, 6.07) is 11.9. The average Bonchev–Trinajstić information content (AvgIpc) is 3.17. The molecule has 1 aromatic heterocycles. The van der Waals surface area contributed by atoms with Gasteiger partial charge in [0.05, 0.1) is 4.92 Å². The van der Waals surface area contributed by atoms with E-state index in [2.05, 4.69) is 22.3 Å². The van der Waals surface area contributed by atoms with Crippen LogP contribution in [0.25, 0.3) is 10.4 Å². The molecule has 2 aliphatic rings. The molecule has 1 aromatic carbocycles. The molecule has 5 nitrogen and oxygen atoms in total. The molecule has 1 saturated heterocycles. The maximum Gasteiger partial charge on any atom is 0.269 e. The third-order valence-corrected chi connectivity index (χ3v) is 6.27. The van der Waals surface area contributed by atoms with Crippen LogP contribution in [0.1, 0.15) is 24.1 Å². The van der Waals surface area contributed by atoms with Gasteiger partial charge in [-0.3, -0.25) is 10.1 Å². The second kappa shape index (κ2) is 7.23. The first-order valence-electron chi connectivity index (χ1n) is 8.97. The quantitative estimate of drug-likeness (QED) is 0.603. The van der Waals surface area contributed by atoms with E-state index in [4.69, 9.17) is 0 Å². The summed E-state index contributed by atoms with van der Waals surface area (Å²) in [5, 5.41) is 14.3. The molecule has 0 bridgehead atoms. The zero-order valence-electron chi connectivity index (χ0n) is 14.2. The van der Waals surface area contributed by atoms with E-state index in [1.165, 1.54) is 37.2 Å². The number of nitro groups is 1. The van der Waals surface area contributed by atoms with Crippen LogP contribution >= 0.6 is 11.3 Å². The van der Waals surface area contributed by atoms with Gasteiger partial charge >= 0.3 is 0 Å². The number of hydrogen-bond donors (Lipinski definition) is 1. The Bertz CT molecular complexity index is 739. The van der Waals surface area contributed by atoms with Gasteiger partial charge < -0.3 is 10.2 Å². The number of nitrogens with zero attached hydrogens (tertiary/aromatic N) is 2. The van der Waals surface area contributed by atoms with Gasteiger partial charge in [-0.1, -0.05) is 0 Å². The molecule has 0 radical (unpaired) electrons. The second-order valence-electron chi connectivity index (χ2n) is 7.08. The largest absolute Gasteiger partial charge is 0.312 e. The Balaban J connectivity index is 1.27. The molecule has 6 heteroatoms. The summed E-state index contributed by atoms with van der Waals surface area (Å²) in [5.74, 6) is 0.787. The summed E-state index contributed by atoms with van der Waals surface area (Å²) >= 11 is 1.76. The fourth-order valence-electron chi connectivity index (χ4n) is 3.58. The lowest BCUT2D eigenvalue weighted by atomic mass is 10.1. The topological polar surface area (TPSA) is 58.4 Å². The first-order chi connectivity index (χ1) is 12.2. The predicted molar refractivity (Wildman–Crippen MR) is 101 cm³/mol. The number of non-ortho nitro benzene ring substituents is 1. The van der Waals surface area contributed by atoms with Crippen LogP contribution in [0.5, 0.6) is 0 Å². The van der Waals surface area contributed by atoms with Crippen molar-refractivity contribution in [2.24, 2.45) is 5.92 Å². The van der Waals surface area contributed by atoms with Crippen molar-refractivity contribution in [3.63, 3.8) is 0 Å². The molecular formula is C19H23N3O2S. The number of likely N-dealkylation sites (tertiary alicyclic amines) is 1. The van der Waals surface area contributed by atoms with Gasteiger partial charge in [-0.05, 0) is 68.1 Å². The maximum absolute atomic E-state index is 10.7. The fourth-order valence-corrected chi connectivity index (χ4v) is 4.56. The first-order valence-corrected chi connectivity index (χ1v) is 9.79. The Morgan fingerprint density at radius 1 is 1.16 bits per heavy atom. The van der Waals surface area contributed by atoms with Crippen molar-refractivity contribution in [1.29, 1.82) is 0 Å². The molecule has 1 atom stereocenters. The Morgan fingerprint density at radius 3 is 2.68 bits per heavy atom. The van der Waals surface area contributed by atoms with Gasteiger partial charge in [-0.15, -0.1) is 11.3 Å². The molecule has 0 amide bonds. The van der Waals surface area contributed by atoms with Gasteiger partial charge in [0.15, 0.2) is 0 Å². The summed E-state index contributed by atoms with van der Waals surface area (Å²) in [5.41, 5.74) is 1.18. The minimum absolute atomic E-state index is 0.138. The van der Waals surface area contributed by atoms with E-state index in [0.29, 0.717) is 0 Å². The van der Waals surface area contributed by atoms with Crippen molar-refractivity contribution >= 4 is 17.0 Å². The Hall–Kier alpha value is -1.76. The number of hydrogen-bond acceptors (Lipinski definition) is 5. The van der Waals surface area contributed by atoms with Crippen LogP contribution in [-0.4, -0.2) is 35.5 Å². The van der Waals surface area contributed by atoms with E-state index in [0.717, 1.165) is 35.5 Å². The normalized spacial score (nSPS) is 20.9. The van der Waals surface area contributed by atoms with Crippen molar-refractivity contribution in [1.82, 2.24) is 10.2 Å². The molecular weight excluding hydrogens is 334 g/mol. The van der Waals surface area contributed by atoms with Crippen LogP contribution in [0.3, 0.4) is 0 Å². The monoisotopic (exact) mass is 357 g/mol. The van der Waals surface area contributed by atoms with Crippen molar-refractivity contribution in [2.75, 3.05) is 19.6 Å². The molecule has 2 aromatic rings. The van der Waals surface area contributed by atoms with Gasteiger partial charge in [0.1, 0.15) is 0 Å². The summed E-state index contributed by atoms with van der Waals surface area (Å²) in [7, 11) is 0. The fraction of sp³-hybridized carbons (Fsp3) is 0.474. The molecule has 2 fully saturated rings. The summed E-state index contributed by atoms with van der Waals surface area (Å²) < 4.78 is 0. The number of nitrogens with one attached hydrogen (secondary N) is 1. The van der Waals surface area contributed by atoms with Crippen molar-refractivity contribution in [3.05, 3.63) is 51.4 Å². The first kappa shape index (κ1) is 16.7. The van der Waals surface area contributed by atoms with Gasteiger partial charge in [-0.25, -0.2) is 0 Å². The highest BCUT2D eigenvalue weighted by Crippen LogP contribution is 2.32. The minimum atomic E-state index is -0.360. The van der Waals surface area contributed by atoms with E-state index in [1.54, 1.807) is 23.5 Å². The zero-order valence-corrected chi connectivity index (χ0v) is 15.0. The molecule has 1 aliphatic carbocycles. The highest BCUT2D eigenvalue weighted by Gasteiger charge is 2.33. The number of benzene rings is 1. The van der Waals surface area contributed by atoms with Gasteiger partial charge in [0.25, 0.3) is 5.69 Å². The third-order valence-electron chi connectivity index (χ3n) is 5.14. The average molecular weight is 357 g/mol. The van der Waals surface area contributed by atoms with Gasteiger partial charge in [0, 0.05) is 41.0 Å². The van der Waals surface area contributed by atoms with Gasteiger partial charge in [0.2, 0.25) is 0 Å². The Labute approximate surface area is 151 Å². The van der Waals surface area contributed by atoms with E-state index in [-0.39, 0.29) is 10.6 Å². The molecule has 0 spiro atoms. The van der Waals surface area contributed by atoms with E-state index in [9.17, 15) is 10.1 Å². The number of thiophene rings is 1. The van der Waals surface area contributed by atoms with Crippen LogP contribution in [0.15, 0.2) is 36.4 Å². The molecule has 1 aliphatic heterocycles. The smallest absolute Gasteiger partial charge is 0.269 e. The summed E-state index contributed by atoms with van der Waals surface area (Å²) in [6.45, 7) is 4.53. The van der Waals surface area contributed by atoms with Crippen molar-refractivity contribution in [3.8, 4) is 10.4 Å². The number of rotatable bonds is 7. The lowest BCUT2D eigenvalue weighted by Gasteiger charge is -2.14. The molecule has 1 N–H and O–H groups in total. The van der Waals surface area contributed by atoms with E-state index in [1.807, 2.05) is 12.1 Å². The zero-order chi connectivity index (χ0) is 17.2. The Morgan fingerprint density at radius 2 is 1.96 bits per heavy atom. The van der Waals surface area contributed by atoms with Crippen LogP contribution < -0.4 is 5.32 Å². The van der Waals surface area contributed by atoms with Crippen LogP contribution in [0.4, 0.5) is 5.69 Å². The third kappa shape index (κ3) is 4.08. The Kier molecular flexibility index (Phi) is 4.83. The van der Waals surface area contributed by atoms with E-state index < -0.39 is 0 Å². The van der Waals surface area contributed by atoms with Crippen molar-refractivity contribution < 1.29 is 4.92 Å². The maximum atomic E-state index is 10.7. The molecule has 2 heterocycles. The second-order valence-corrected chi connectivity index (χ2v) is 8.25. The molecule has 132 valence electrons. The minimum Gasteiger partial charge on any atom is -0.312 e. The predicted octanol–water partition coefficient (Wildman–Crippen LogP) is 3.90. The summed E-state index contributed by atoms with van der Waals surface area (Å²) in [6.07, 6.45) is 4.13. The molecule has 4 rings (SSSR count). The standard InChI is InChI=1S/C19H23N3O2S/c23-22(24)17-3-1-15(2-4-17)19-8-7-18(25-19)12-20-11-14-9-10-21(13-14)16-5-6-16/h1-4,7-8,14,16,20H,5-6,9-13H2. The molecule has 25 heavy (non-hydrogen) atoms. The van der Waals surface area contributed by atoms with Gasteiger partial charge in [-0.2, -0.15) is 0 Å². The van der Waals surface area contributed by atoms with Crippen LogP contribution in [-0.2, 0) is 6.54 Å². The highest BCUT2D eigenvalue weighted by molar-refractivity contribution is 7.15. The SMILES string of the molecule is O=[N+]([O-])c1ccc(-c2ccc(CNCC3CCN(C4CC4)C3)s2)cc1. The molecule has 1 unspecified atom stereocenters. The number of nitro benzene ring substituents is 1. The summed E-state index contributed by atoms with van der Waals surface area (Å²) in [4.78, 5) is 15.5. The van der Waals surface area contributed by atoms with E-state index >= 15 is 0 Å². The van der Waals surface area contributed by atoms with Crippen LogP contribution in [0.2, 0.25) is 0 Å². The van der Waals surface area contributed by atoms with Crippen molar-refractivity contribution in [2.45, 2.75) is 31.8 Å². The lowest BCUT2D eigenvalue weighted by molar-refractivity contribution is -0.384. The highest BCUT2D eigenvalue weighted by atomic mass is 32.1. The molecule has 1 saturated carbocycles. The van der Waals surface area contributed by atoms with Crippen LogP contribution in [0, 0.1) is 16.0 Å².